The minimum Gasteiger partial charge on any atom is -0.469 e. The van der Waals surface area contributed by atoms with Gasteiger partial charge in [0.1, 0.15) is 11.6 Å². The normalized spacial score (nSPS) is 18.5. The standard InChI is InChI=1S/C15H19N3O/c1-2-4-10(3-1)16-9-14-17-12-5-6-13-11(7-8-19-13)15(12)18-14/h7-8,10,16H,1-6,9H2,(H,17,18). The van der Waals surface area contributed by atoms with E-state index >= 15 is 0 Å². The molecule has 2 N–H and O–H groups in total. The van der Waals surface area contributed by atoms with E-state index in [0.717, 1.165) is 36.7 Å². The maximum atomic E-state index is 5.49. The monoisotopic (exact) mass is 257 g/mol. The summed E-state index contributed by atoms with van der Waals surface area (Å²) >= 11 is 0. The third-order valence-corrected chi connectivity index (χ3v) is 4.34. The molecular weight excluding hydrogens is 238 g/mol. The summed E-state index contributed by atoms with van der Waals surface area (Å²) in [6, 6.07) is 2.72. The lowest BCUT2D eigenvalue weighted by atomic mass is 10.00. The highest BCUT2D eigenvalue weighted by Crippen LogP contribution is 2.32. The number of imidazole rings is 1. The lowest BCUT2D eigenvalue weighted by Crippen LogP contribution is -2.25. The first-order valence-electron chi connectivity index (χ1n) is 7.28. The van der Waals surface area contributed by atoms with E-state index < -0.39 is 0 Å². The van der Waals surface area contributed by atoms with Crippen LogP contribution in [0.3, 0.4) is 0 Å². The molecule has 0 aromatic carbocycles. The number of nitrogens with zero attached hydrogens (tertiary/aromatic N) is 1. The van der Waals surface area contributed by atoms with Gasteiger partial charge in [-0.15, -0.1) is 0 Å². The van der Waals surface area contributed by atoms with Gasteiger partial charge in [0.15, 0.2) is 0 Å². The first-order chi connectivity index (χ1) is 9.40. The minimum atomic E-state index is 0.687. The van der Waals surface area contributed by atoms with Crippen LogP contribution in [0.1, 0.15) is 43.0 Å². The number of aromatic amines is 1. The first-order valence-corrected chi connectivity index (χ1v) is 7.28. The van der Waals surface area contributed by atoms with Crippen molar-refractivity contribution in [2.24, 2.45) is 0 Å². The van der Waals surface area contributed by atoms with Crippen molar-refractivity contribution in [1.29, 1.82) is 0 Å². The van der Waals surface area contributed by atoms with Crippen LogP contribution in [0.15, 0.2) is 16.7 Å². The lowest BCUT2D eigenvalue weighted by Gasteiger charge is -2.09. The lowest BCUT2D eigenvalue weighted by molar-refractivity contribution is 0.506. The predicted octanol–water partition coefficient (Wildman–Crippen LogP) is 2.80. The Morgan fingerprint density at radius 2 is 2.21 bits per heavy atom. The number of furan rings is 1. The van der Waals surface area contributed by atoms with Crippen LogP contribution in [0.4, 0.5) is 0 Å². The van der Waals surface area contributed by atoms with E-state index in [2.05, 4.69) is 10.3 Å². The number of H-pyrrole nitrogens is 1. The molecule has 0 spiro atoms. The van der Waals surface area contributed by atoms with Crippen molar-refractivity contribution in [1.82, 2.24) is 15.3 Å². The maximum absolute atomic E-state index is 5.49. The number of hydrogen-bond donors (Lipinski definition) is 2. The molecule has 1 fully saturated rings. The van der Waals surface area contributed by atoms with Crippen LogP contribution < -0.4 is 5.32 Å². The van der Waals surface area contributed by atoms with E-state index in [-0.39, 0.29) is 0 Å². The SMILES string of the molecule is c1cc2c(o1)CCc1[nH]c(CNC3CCCC3)nc1-2. The number of fused-ring (bicyclic) bond motifs is 3. The molecule has 0 bridgehead atoms. The van der Waals surface area contributed by atoms with Crippen LogP contribution >= 0.6 is 0 Å². The molecule has 100 valence electrons. The molecule has 4 rings (SSSR count). The van der Waals surface area contributed by atoms with Crippen LogP contribution in [-0.4, -0.2) is 16.0 Å². The van der Waals surface area contributed by atoms with Crippen LogP contribution in [0.5, 0.6) is 0 Å². The average molecular weight is 257 g/mol. The number of aromatic nitrogens is 2. The van der Waals surface area contributed by atoms with Gasteiger partial charge in [0.2, 0.25) is 0 Å². The van der Waals surface area contributed by atoms with Gasteiger partial charge in [-0.2, -0.15) is 0 Å². The summed E-state index contributed by atoms with van der Waals surface area (Å²) in [5.74, 6) is 2.14. The summed E-state index contributed by atoms with van der Waals surface area (Å²) in [5.41, 5.74) is 3.53. The van der Waals surface area contributed by atoms with Gasteiger partial charge in [0.05, 0.1) is 18.5 Å². The fraction of sp³-hybridized carbons (Fsp3) is 0.533. The zero-order valence-corrected chi connectivity index (χ0v) is 11.0. The second-order valence-electron chi connectivity index (χ2n) is 5.63. The van der Waals surface area contributed by atoms with Gasteiger partial charge in [-0.1, -0.05) is 12.8 Å². The molecule has 4 heteroatoms. The molecule has 0 aliphatic heterocycles. The largest absolute Gasteiger partial charge is 0.469 e. The summed E-state index contributed by atoms with van der Waals surface area (Å²) in [6.45, 7) is 0.852. The first kappa shape index (κ1) is 11.3. The van der Waals surface area contributed by atoms with Crippen LogP contribution in [0.2, 0.25) is 0 Å². The Kier molecular flexibility index (Phi) is 2.69. The maximum Gasteiger partial charge on any atom is 0.121 e. The Bertz CT molecular complexity index is 578. The Labute approximate surface area is 112 Å². The molecule has 2 aromatic heterocycles. The van der Waals surface area contributed by atoms with Crippen molar-refractivity contribution in [2.45, 2.75) is 51.1 Å². The molecule has 2 aliphatic rings. The van der Waals surface area contributed by atoms with E-state index in [1.54, 1.807) is 6.26 Å². The number of rotatable bonds is 3. The third-order valence-electron chi connectivity index (χ3n) is 4.34. The number of nitrogens with one attached hydrogen (secondary N) is 2. The van der Waals surface area contributed by atoms with Crippen LogP contribution in [-0.2, 0) is 19.4 Å². The molecule has 2 aliphatic carbocycles. The zero-order chi connectivity index (χ0) is 12.7. The molecule has 0 saturated heterocycles. The fourth-order valence-corrected chi connectivity index (χ4v) is 3.31. The molecule has 0 amide bonds. The molecule has 0 atom stereocenters. The van der Waals surface area contributed by atoms with E-state index in [0.29, 0.717) is 6.04 Å². The molecule has 0 unspecified atom stereocenters. The smallest absolute Gasteiger partial charge is 0.121 e. The van der Waals surface area contributed by atoms with Gasteiger partial charge in [-0.25, -0.2) is 4.98 Å². The van der Waals surface area contributed by atoms with E-state index in [4.69, 9.17) is 9.40 Å². The quantitative estimate of drug-likeness (QED) is 0.889. The van der Waals surface area contributed by atoms with Crippen molar-refractivity contribution in [3.8, 4) is 11.3 Å². The predicted molar refractivity (Wildman–Crippen MR) is 72.8 cm³/mol. The van der Waals surface area contributed by atoms with E-state index in [1.807, 2.05) is 6.07 Å². The summed E-state index contributed by atoms with van der Waals surface area (Å²) < 4.78 is 5.49. The Balaban J connectivity index is 1.53. The zero-order valence-electron chi connectivity index (χ0n) is 11.0. The minimum absolute atomic E-state index is 0.687. The van der Waals surface area contributed by atoms with Gasteiger partial charge in [0.25, 0.3) is 0 Å². The van der Waals surface area contributed by atoms with Crippen molar-refractivity contribution in [2.75, 3.05) is 0 Å². The van der Waals surface area contributed by atoms with Gasteiger partial charge < -0.3 is 14.7 Å². The Morgan fingerprint density at radius 3 is 3.11 bits per heavy atom. The summed E-state index contributed by atoms with van der Waals surface area (Å²) in [6.07, 6.45) is 9.11. The highest BCUT2D eigenvalue weighted by atomic mass is 16.3. The highest BCUT2D eigenvalue weighted by molar-refractivity contribution is 5.66. The van der Waals surface area contributed by atoms with Gasteiger partial charge in [0, 0.05) is 23.7 Å². The summed E-state index contributed by atoms with van der Waals surface area (Å²) in [4.78, 5) is 8.22. The van der Waals surface area contributed by atoms with Crippen molar-refractivity contribution < 1.29 is 4.42 Å². The summed E-state index contributed by atoms with van der Waals surface area (Å²) in [5, 5.41) is 3.61. The molecule has 0 radical (unpaired) electrons. The molecule has 2 heterocycles. The van der Waals surface area contributed by atoms with E-state index in [9.17, 15) is 0 Å². The summed E-state index contributed by atoms with van der Waals surface area (Å²) in [7, 11) is 0. The van der Waals surface area contributed by atoms with Crippen LogP contribution in [0, 0.1) is 0 Å². The topological polar surface area (TPSA) is 53.9 Å². The van der Waals surface area contributed by atoms with Gasteiger partial charge in [-0.05, 0) is 25.3 Å². The molecule has 4 nitrogen and oxygen atoms in total. The second kappa shape index (κ2) is 4.53. The van der Waals surface area contributed by atoms with Crippen molar-refractivity contribution in [3.63, 3.8) is 0 Å². The molecule has 19 heavy (non-hydrogen) atoms. The highest BCUT2D eigenvalue weighted by Gasteiger charge is 2.23. The van der Waals surface area contributed by atoms with Crippen LogP contribution in [0.25, 0.3) is 11.3 Å². The van der Waals surface area contributed by atoms with Gasteiger partial charge >= 0.3 is 0 Å². The fourth-order valence-electron chi connectivity index (χ4n) is 3.31. The van der Waals surface area contributed by atoms with Crippen molar-refractivity contribution in [3.05, 3.63) is 29.6 Å². The van der Waals surface area contributed by atoms with Gasteiger partial charge in [-0.3, -0.25) is 0 Å². The van der Waals surface area contributed by atoms with E-state index in [1.165, 1.54) is 36.9 Å². The van der Waals surface area contributed by atoms with Crippen molar-refractivity contribution >= 4 is 0 Å². The average Bonchev–Trinajstić information content (AvgIpc) is 3.15. The molecule has 1 saturated carbocycles. The number of hydrogen-bond acceptors (Lipinski definition) is 3. The molecular formula is C15H19N3O. The Morgan fingerprint density at radius 1 is 1.32 bits per heavy atom. The number of aryl methyl sites for hydroxylation is 2. The third kappa shape index (κ3) is 2.00. The molecule has 2 aromatic rings. The Hall–Kier alpha value is -1.55. The second-order valence-corrected chi connectivity index (χ2v) is 5.63.